The zero-order chi connectivity index (χ0) is 13.4. The molecule has 19 heavy (non-hydrogen) atoms. The Balaban J connectivity index is 2.02. The fraction of sp³-hybridized carbons (Fsp3) is 0.176. The summed E-state index contributed by atoms with van der Waals surface area (Å²) in [5, 5.41) is 11.7. The molecule has 0 spiro atoms. The van der Waals surface area contributed by atoms with Crippen molar-refractivity contribution in [1.29, 1.82) is 0 Å². The summed E-state index contributed by atoms with van der Waals surface area (Å²) in [6.45, 7) is 4.17. The number of fused-ring (bicyclic) bond motifs is 1. The Morgan fingerprint density at radius 2 is 1.74 bits per heavy atom. The number of rotatable bonds is 2. The van der Waals surface area contributed by atoms with Gasteiger partial charge in [0, 0.05) is 9.58 Å². The number of benzene rings is 2. The lowest BCUT2D eigenvalue weighted by atomic mass is 10.0. The third-order valence-electron chi connectivity index (χ3n) is 3.56. The van der Waals surface area contributed by atoms with Crippen LogP contribution in [0.1, 0.15) is 27.7 Å². The molecule has 0 radical (unpaired) electrons. The van der Waals surface area contributed by atoms with Crippen molar-refractivity contribution in [2.75, 3.05) is 0 Å². The van der Waals surface area contributed by atoms with Crippen LogP contribution in [0.5, 0.6) is 0 Å². The van der Waals surface area contributed by atoms with Crippen molar-refractivity contribution >= 4 is 21.4 Å². The van der Waals surface area contributed by atoms with Crippen molar-refractivity contribution in [3.8, 4) is 0 Å². The molecule has 1 N–H and O–H groups in total. The monoisotopic (exact) mass is 268 g/mol. The summed E-state index contributed by atoms with van der Waals surface area (Å²) in [7, 11) is 0. The molecule has 1 nitrogen and oxygen atoms in total. The first-order valence-electron chi connectivity index (χ1n) is 6.39. The molecule has 1 heterocycles. The molecule has 0 aliphatic heterocycles. The lowest BCUT2D eigenvalue weighted by molar-refractivity contribution is 0.224. The van der Waals surface area contributed by atoms with E-state index in [4.69, 9.17) is 0 Å². The maximum Gasteiger partial charge on any atom is 0.113 e. The molecule has 0 fully saturated rings. The topological polar surface area (TPSA) is 20.2 Å². The van der Waals surface area contributed by atoms with E-state index in [-0.39, 0.29) is 0 Å². The van der Waals surface area contributed by atoms with Crippen LogP contribution in [-0.2, 0) is 0 Å². The second kappa shape index (κ2) is 4.80. The Kier molecular flexibility index (Phi) is 3.13. The van der Waals surface area contributed by atoms with E-state index in [9.17, 15) is 5.11 Å². The van der Waals surface area contributed by atoms with Gasteiger partial charge in [0.2, 0.25) is 0 Å². The molecule has 1 unspecified atom stereocenters. The van der Waals surface area contributed by atoms with Gasteiger partial charge in [-0.1, -0.05) is 36.4 Å². The normalized spacial score (nSPS) is 12.8. The minimum atomic E-state index is -0.531. The molecule has 0 amide bonds. The van der Waals surface area contributed by atoms with E-state index in [1.54, 1.807) is 11.3 Å². The SMILES string of the molecule is Cc1ccc(C(O)c2cc3ccccc3s2)cc1C. The standard InChI is InChI=1S/C17H16OS/c1-11-7-8-14(9-12(11)2)17(18)16-10-13-5-3-4-6-15(13)19-16/h3-10,17-18H,1-2H3. The van der Waals surface area contributed by atoms with Crippen LogP contribution in [0, 0.1) is 13.8 Å². The van der Waals surface area contributed by atoms with Gasteiger partial charge in [0.15, 0.2) is 0 Å². The fourth-order valence-electron chi connectivity index (χ4n) is 2.24. The van der Waals surface area contributed by atoms with Crippen LogP contribution in [-0.4, -0.2) is 5.11 Å². The number of aliphatic hydroxyl groups excluding tert-OH is 1. The number of aliphatic hydroxyl groups is 1. The lowest BCUT2D eigenvalue weighted by Gasteiger charge is -2.10. The minimum Gasteiger partial charge on any atom is -0.383 e. The number of hydrogen-bond acceptors (Lipinski definition) is 2. The molecule has 0 aliphatic rings. The van der Waals surface area contributed by atoms with Crippen molar-refractivity contribution in [3.63, 3.8) is 0 Å². The van der Waals surface area contributed by atoms with Gasteiger partial charge in [-0.15, -0.1) is 11.3 Å². The zero-order valence-corrected chi connectivity index (χ0v) is 11.9. The molecule has 1 aromatic heterocycles. The summed E-state index contributed by atoms with van der Waals surface area (Å²) >= 11 is 1.66. The van der Waals surface area contributed by atoms with E-state index in [1.165, 1.54) is 21.2 Å². The molecule has 3 aromatic rings. The van der Waals surface area contributed by atoms with Crippen LogP contribution in [0.4, 0.5) is 0 Å². The van der Waals surface area contributed by atoms with Gasteiger partial charge in [-0.05, 0) is 48.1 Å². The Morgan fingerprint density at radius 1 is 0.947 bits per heavy atom. The van der Waals surface area contributed by atoms with E-state index in [2.05, 4.69) is 44.2 Å². The third-order valence-corrected chi connectivity index (χ3v) is 4.73. The quantitative estimate of drug-likeness (QED) is 0.720. The van der Waals surface area contributed by atoms with Gasteiger partial charge in [0.1, 0.15) is 6.10 Å². The first kappa shape index (κ1) is 12.4. The first-order chi connectivity index (χ1) is 9.15. The summed E-state index contributed by atoms with van der Waals surface area (Å²) < 4.78 is 1.22. The van der Waals surface area contributed by atoms with E-state index >= 15 is 0 Å². The van der Waals surface area contributed by atoms with Gasteiger partial charge in [-0.2, -0.15) is 0 Å². The first-order valence-corrected chi connectivity index (χ1v) is 7.20. The molecule has 1 atom stereocenters. The van der Waals surface area contributed by atoms with Gasteiger partial charge < -0.3 is 5.11 Å². The molecule has 0 saturated heterocycles. The summed E-state index contributed by atoms with van der Waals surface area (Å²) in [5.74, 6) is 0. The molecule has 96 valence electrons. The molecule has 2 aromatic carbocycles. The van der Waals surface area contributed by atoms with Gasteiger partial charge in [-0.25, -0.2) is 0 Å². The lowest BCUT2D eigenvalue weighted by Crippen LogP contribution is -1.98. The predicted molar refractivity (Wildman–Crippen MR) is 81.8 cm³/mol. The predicted octanol–water partition coefficient (Wildman–Crippen LogP) is 4.60. The van der Waals surface area contributed by atoms with E-state index in [1.807, 2.05) is 18.2 Å². The van der Waals surface area contributed by atoms with E-state index in [0.29, 0.717) is 0 Å². The van der Waals surface area contributed by atoms with Gasteiger partial charge >= 0.3 is 0 Å². The highest BCUT2D eigenvalue weighted by Gasteiger charge is 2.14. The molecule has 0 bridgehead atoms. The fourth-order valence-corrected chi connectivity index (χ4v) is 3.32. The molecule has 3 rings (SSSR count). The Bertz CT molecular complexity index is 694. The van der Waals surface area contributed by atoms with Gasteiger partial charge in [-0.3, -0.25) is 0 Å². The average molecular weight is 268 g/mol. The summed E-state index contributed by atoms with van der Waals surface area (Å²) in [5.41, 5.74) is 3.44. The highest BCUT2D eigenvalue weighted by molar-refractivity contribution is 7.19. The zero-order valence-electron chi connectivity index (χ0n) is 11.1. The van der Waals surface area contributed by atoms with Gasteiger partial charge in [0.25, 0.3) is 0 Å². The van der Waals surface area contributed by atoms with Crippen LogP contribution in [0.3, 0.4) is 0 Å². The molecule has 0 saturated carbocycles. The van der Waals surface area contributed by atoms with Crippen molar-refractivity contribution in [2.24, 2.45) is 0 Å². The Hall–Kier alpha value is -1.64. The van der Waals surface area contributed by atoms with Crippen molar-refractivity contribution < 1.29 is 5.11 Å². The van der Waals surface area contributed by atoms with Crippen LogP contribution in [0.2, 0.25) is 0 Å². The maximum atomic E-state index is 10.5. The second-order valence-corrected chi connectivity index (χ2v) is 6.05. The van der Waals surface area contributed by atoms with Crippen molar-refractivity contribution in [1.82, 2.24) is 0 Å². The number of thiophene rings is 1. The Labute approximate surface area is 117 Å². The summed E-state index contributed by atoms with van der Waals surface area (Å²) in [6.07, 6.45) is -0.531. The molecular formula is C17H16OS. The number of hydrogen-bond donors (Lipinski definition) is 1. The summed E-state index contributed by atoms with van der Waals surface area (Å²) in [4.78, 5) is 1.00. The van der Waals surface area contributed by atoms with E-state index in [0.717, 1.165) is 10.4 Å². The van der Waals surface area contributed by atoms with E-state index < -0.39 is 6.10 Å². The smallest absolute Gasteiger partial charge is 0.113 e. The highest BCUT2D eigenvalue weighted by atomic mass is 32.1. The molecular weight excluding hydrogens is 252 g/mol. The minimum absolute atomic E-state index is 0.531. The number of aryl methyl sites for hydroxylation is 2. The average Bonchev–Trinajstić information content (AvgIpc) is 2.85. The highest BCUT2D eigenvalue weighted by Crippen LogP contribution is 2.33. The largest absolute Gasteiger partial charge is 0.383 e. The molecule has 0 aliphatic carbocycles. The van der Waals surface area contributed by atoms with Crippen LogP contribution < -0.4 is 0 Å². The maximum absolute atomic E-state index is 10.5. The van der Waals surface area contributed by atoms with Crippen LogP contribution in [0.25, 0.3) is 10.1 Å². The van der Waals surface area contributed by atoms with Crippen molar-refractivity contribution in [3.05, 3.63) is 70.1 Å². The van der Waals surface area contributed by atoms with Crippen LogP contribution >= 0.6 is 11.3 Å². The van der Waals surface area contributed by atoms with Crippen LogP contribution in [0.15, 0.2) is 48.5 Å². The third kappa shape index (κ3) is 2.29. The van der Waals surface area contributed by atoms with Crippen molar-refractivity contribution in [2.45, 2.75) is 20.0 Å². The summed E-state index contributed by atoms with van der Waals surface area (Å²) in [6, 6.07) is 16.5. The molecule has 2 heteroatoms. The second-order valence-electron chi connectivity index (χ2n) is 4.93. The van der Waals surface area contributed by atoms with Gasteiger partial charge in [0.05, 0.1) is 0 Å². The Morgan fingerprint density at radius 3 is 2.47 bits per heavy atom.